The van der Waals surface area contributed by atoms with Crippen molar-refractivity contribution in [3.8, 4) is 11.5 Å². The van der Waals surface area contributed by atoms with Crippen LogP contribution in [0, 0.1) is 0 Å². The van der Waals surface area contributed by atoms with Crippen LogP contribution in [0.3, 0.4) is 0 Å². The van der Waals surface area contributed by atoms with E-state index >= 15 is 0 Å². The van der Waals surface area contributed by atoms with Gasteiger partial charge >= 0.3 is 6.64 Å². The molecule has 0 bridgehead atoms. The third-order valence-electron chi connectivity index (χ3n) is 2.14. The van der Waals surface area contributed by atoms with Crippen molar-refractivity contribution < 1.29 is 9.05 Å². The standard InChI is InChI=1S/C12H10Cl3NO2P2S/c13-19(14,15)16-20(21,17-11-7-3-1-4-8-11)18-12-9-5-2-6-10-12/h1-10H. The van der Waals surface area contributed by atoms with Gasteiger partial charge in [0.25, 0.3) is 0 Å². The van der Waals surface area contributed by atoms with Gasteiger partial charge in [-0.1, -0.05) is 36.4 Å². The van der Waals surface area contributed by atoms with E-state index in [9.17, 15) is 0 Å². The van der Waals surface area contributed by atoms with Gasteiger partial charge in [0.05, 0.1) is 0 Å². The van der Waals surface area contributed by atoms with Gasteiger partial charge in [-0.2, -0.15) is 4.52 Å². The van der Waals surface area contributed by atoms with Gasteiger partial charge in [0.2, 0.25) is 5.11 Å². The zero-order valence-electron chi connectivity index (χ0n) is 10.5. The quantitative estimate of drug-likeness (QED) is 0.505. The summed E-state index contributed by atoms with van der Waals surface area (Å²) in [5.74, 6) is 1.03. The van der Waals surface area contributed by atoms with Gasteiger partial charge < -0.3 is 9.05 Å². The lowest BCUT2D eigenvalue weighted by Crippen LogP contribution is -1.97. The summed E-state index contributed by atoms with van der Waals surface area (Å²) in [5, 5.41) is -3.07. The van der Waals surface area contributed by atoms with Gasteiger partial charge in [0, 0.05) is 11.8 Å². The molecule has 0 aliphatic carbocycles. The number of hydrogen-bond donors (Lipinski definition) is 0. The Bertz CT molecular complexity index is 640. The van der Waals surface area contributed by atoms with Gasteiger partial charge in [0.15, 0.2) is 0 Å². The summed E-state index contributed by atoms with van der Waals surface area (Å²) in [4.78, 5) is 0. The van der Waals surface area contributed by atoms with Crippen LogP contribution in [0.4, 0.5) is 0 Å². The molecule has 9 heteroatoms. The fraction of sp³-hybridized carbons (Fsp3) is 0. The highest BCUT2D eigenvalue weighted by Crippen LogP contribution is 2.72. The third-order valence-corrected chi connectivity index (χ3v) is 7.64. The molecule has 2 rings (SSSR count). The minimum absolute atomic E-state index is 0.513. The van der Waals surface area contributed by atoms with Crippen molar-refractivity contribution in [3.05, 3.63) is 60.7 Å². The predicted molar refractivity (Wildman–Crippen MR) is 95.3 cm³/mol. The van der Waals surface area contributed by atoms with Gasteiger partial charge in [-0.25, -0.2) is 0 Å². The summed E-state index contributed by atoms with van der Waals surface area (Å²) >= 11 is 22.9. The second-order valence-electron chi connectivity index (χ2n) is 3.79. The zero-order chi connectivity index (χ0) is 15.3. The van der Waals surface area contributed by atoms with Crippen LogP contribution in [0.25, 0.3) is 0 Å². The minimum Gasteiger partial charge on any atom is -0.419 e. The highest BCUT2D eigenvalue weighted by Gasteiger charge is 2.26. The molecule has 0 saturated carbocycles. The van der Waals surface area contributed by atoms with E-state index in [0.717, 1.165) is 0 Å². The molecule has 2 aromatic carbocycles. The molecule has 112 valence electrons. The van der Waals surface area contributed by atoms with E-state index in [-0.39, 0.29) is 0 Å². The fourth-order valence-electron chi connectivity index (χ4n) is 1.41. The second kappa shape index (κ2) is 7.37. The SMILES string of the molecule is S=P(N=P(Cl)(Cl)Cl)(Oc1ccccc1)Oc1ccccc1. The first-order valence-corrected chi connectivity index (χ1v) is 12.7. The minimum atomic E-state index is -3.17. The average molecular weight is 401 g/mol. The summed E-state index contributed by atoms with van der Waals surface area (Å²) in [6, 6.07) is 17.9. The highest BCUT2D eigenvalue weighted by atomic mass is 36.0. The first-order valence-electron chi connectivity index (χ1n) is 5.68. The maximum atomic E-state index is 5.83. The normalized spacial score (nSPS) is 11.8. The summed E-state index contributed by atoms with van der Waals surface area (Å²) in [6.45, 7) is -3.17. The summed E-state index contributed by atoms with van der Waals surface area (Å²) in [7, 11) is 0. The largest absolute Gasteiger partial charge is 0.419 e. The van der Waals surface area contributed by atoms with E-state index in [1.165, 1.54) is 0 Å². The molecule has 0 saturated heterocycles. The molecular weight excluding hydrogens is 391 g/mol. The first-order chi connectivity index (χ1) is 9.86. The Balaban J connectivity index is 2.33. The molecule has 0 N–H and O–H groups in total. The molecular formula is C12H10Cl3NO2P2S. The molecule has 0 fully saturated rings. The number of halogens is 3. The molecule has 0 spiro atoms. The van der Waals surface area contributed by atoms with Crippen molar-refractivity contribution in [1.82, 2.24) is 0 Å². The number of benzene rings is 2. The number of nitrogens with zero attached hydrogens (tertiary/aromatic N) is 1. The van der Waals surface area contributed by atoms with Crippen LogP contribution in [-0.2, 0) is 11.8 Å². The molecule has 3 nitrogen and oxygen atoms in total. The Morgan fingerprint density at radius 1 is 0.762 bits per heavy atom. The average Bonchev–Trinajstić information content (AvgIpc) is 2.38. The topological polar surface area (TPSA) is 30.8 Å². The van der Waals surface area contributed by atoms with E-state index in [2.05, 4.69) is 4.52 Å². The van der Waals surface area contributed by atoms with Crippen LogP contribution >= 0.6 is 45.5 Å². The summed E-state index contributed by atoms with van der Waals surface area (Å²) < 4.78 is 15.4. The smallest absolute Gasteiger partial charge is 0.416 e. The summed E-state index contributed by atoms with van der Waals surface area (Å²) in [6.07, 6.45) is 0. The van der Waals surface area contributed by atoms with Crippen molar-refractivity contribution >= 4 is 57.3 Å². The zero-order valence-corrected chi connectivity index (χ0v) is 15.3. The molecule has 0 aliphatic rings. The van der Waals surface area contributed by atoms with Crippen molar-refractivity contribution in [3.63, 3.8) is 0 Å². The van der Waals surface area contributed by atoms with Gasteiger partial charge in [-0.3, -0.25) is 0 Å². The van der Waals surface area contributed by atoms with Crippen molar-refractivity contribution in [2.24, 2.45) is 4.52 Å². The molecule has 0 aromatic heterocycles. The Morgan fingerprint density at radius 3 is 1.48 bits per heavy atom. The van der Waals surface area contributed by atoms with Crippen LogP contribution in [-0.4, -0.2) is 0 Å². The lowest BCUT2D eigenvalue weighted by atomic mass is 10.3. The van der Waals surface area contributed by atoms with Gasteiger partial charge in [-0.05, 0) is 58.0 Å². The number of para-hydroxylation sites is 2. The van der Waals surface area contributed by atoms with Crippen LogP contribution in [0.5, 0.6) is 11.5 Å². The first kappa shape index (κ1) is 17.1. The molecule has 0 unspecified atom stereocenters. The molecule has 2 aromatic rings. The Labute approximate surface area is 142 Å². The van der Waals surface area contributed by atoms with Crippen molar-refractivity contribution in [2.45, 2.75) is 0 Å². The molecule has 0 amide bonds. The molecule has 0 atom stereocenters. The molecule has 0 radical (unpaired) electrons. The van der Waals surface area contributed by atoms with Crippen molar-refractivity contribution in [1.29, 1.82) is 0 Å². The lowest BCUT2D eigenvalue weighted by Gasteiger charge is -2.20. The number of hydrogen-bond acceptors (Lipinski definition) is 3. The molecule has 0 heterocycles. The van der Waals surface area contributed by atoms with Crippen LogP contribution in [0.2, 0.25) is 0 Å². The maximum Gasteiger partial charge on any atom is 0.416 e. The Kier molecular flexibility index (Phi) is 6.02. The van der Waals surface area contributed by atoms with Gasteiger partial charge in [0.1, 0.15) is 11.5 Å². The van der Waals surface area contributed by atoms with Crippen LogP contribution in [0.15, 0.2) is 65.2 Å². The third kappa shape index (κ3) is 6.20. The van der Waals surface area contributed by atoms with Gasteiger partial charge in [-0.15, -0.1) is 0 Å². The Morgan fingerprint density at radius 2 is 1.14 bits per heavy atom. The second-order valence-corrected chi connectivity index (χ2v) is 14.0. The maximum absolute atomic E-state index is 5.83. The van der Waals surface area contributed by atoms with Crippen LogP contribution < -0.4 is 9.05 Å². The van der Waals surface area contributed by atoms with E-state index < -0.39 is 11.8 Å². The highest BCUT2D eigenvalue weighted by molar-refractivity contribution is 8.28. The van der Waals surface area contributed by atoms with E-state index in [1.54, 1.807) is 24.3 Å². The Hall–Kier alpha value is -0.210. The number of rotatable bonds is 5. The van der Waals surface area contributed by atoms with E-state index in [4.69, 9.17) is 54.6 Å². The molecule has 21 heavy (non-hydrogen) atoms. The van der Waals surface area contributed by atoms with Crippen LogP contribution in [0.1, 0.15) is 0 Å². The van der Waals surface area contributed by atoms with Crippen molar-refractivity contribution in [2.75, 3.05) is 0 Å². The van der Waals surface area contributed by atoms with E-state index in [0.29, 0.717) is 11.5 Å². The molecule has 0 aliphatic heterocycles. The van der Waals surface area contributed by atoms with E-state index in [1.807, 2.05) is 36.4 Å². The predicted octanol–water partition coefficient (Wildman–Crippen LogP) is 7.03. The monoisotopic (exact) mass is 399 g/mol. The fourth-order valence-corrected chi connectivity index (χ4v) is 8.50. The summed E-state index contributed by atoms with van der Waals surface area (Å²) in [5.41, 5.74) is 0. The lowest BCUT2D eigenvalue weighted by molar-refractivity contribution is 0.489.